The van der Waals surface area contributed by atoms with Crippen molar-refractivity contribution in [1.29, 1.82) is 0 Å². The van der Waals surface area contributed by atoms with Crippen LogP contribution in [-0.2, 0) is 9.53 Å². The molecule has 0 radical (unpaired) electrons. The second-order valence-electron chi connectivity index (χ2n) is 9.18. The van der Waals surface area contributed by atoms with Gasteiger partial charge in [0.25, 0.3) is 5.56 Å². The van der Waals surface area contributed by atoms with E-state index < -0.39 is 12.0 Å². The Morgan fingerprint density at radius 1 is 1.23 bits per heavy atom. The summed E-state index contributed by atoms with van der Waals surface area (Å²) in [6.45, 7) is 7.26. The quantitative estimate of drug-likeness (QED) is 0.146. The van der Waals surface area contributed by atoms with Gasteiger partial charge in [0.2, 0.25) is 0 Å². The molecule has 4 heterocycles. The number of carbonyl (C=O) groups is 1. The molecule has 0 aliphatic carbocycles. The van der Waals surface area contributed by atoms with Crippen molar-refractivity contribution in [2.24, 2.45) is 4.99 Å². The number of rotatable bonds is 7. The predicted octanol–water partition coefficient (Wildman–Crippen LogP) is 5.51. The van der Waals surface area contributed by atoms with E-state index in [1.807, 2.05) is 43.5 Å². The topological polar surface area (TPSA) is 99.6 Å². The van der Waals surface area contributed by atoms with E-state index in [1.165, 1.54) is 23.1 Å². The number of aryl methyl sites for hydroxylation is 1. The third kappa shape index (κ3) is 5.90. The minimum absolute atomic E-state index is 0.270. The Labute approximate surface area is 251 Å². The lowest BCUT2D eigenvalue weighted by Gasteiger charge is -2.25. The van der Waals surface area contributed by atoms with Crippen molar-refractivity contribution in [3.63, 3.8) is 0 Å². The SMILES string of the molecule is CSc1ccc([C@H]2C(C(=O)OC(C)C)=C(C)N=c3s/c(=C\c4cc(Br)c(Sc5nccc(C)n5)o4)c(=O)n32)cc1. The van der Waals surface area contributed by atoms with Gasteiger partial charge in [0.15, 0.2) is 15.1 Å². The first kappa shape index (κ1) is 28.6. The van der Waals surface area contributed by atoms with Crippen molar-refractivity contribution in [3.05, 3.63) is 95.0 Å². The van der Waals surface area contributed by atoms with Crippen LogP contribution in [0.3, 0.4) is 0 Å². The highest BCUT2D eigenvalue weighted by atomic mass is 79.9. The molecule has 0 fully saturated rings. The molecule has 4 aromatic rings. The molecular formula is C28H25BrN4O4S3. The van der Waals surface area contributed by atoms with Crippen molar-refractivity contribution in [3.8, 4) is 0 Å². The van der Waals surface area contributed by atoms with Crippen LogP contribution in [0, 0.1) is 6.92 Å². The Hall–Kier alpha value is -2.93. The first-order valence-corrected chi connectivity index (χ1v) is 15.9. The van der Waals surface area contributed by atoms with Crippen molar-refractivity contribution in [1.82, 2.24) is 14.5 Å². The zero-order valence-electron chi connectivity index (χ0n) is 22.3. The fraction of sp³-hybridized carbons (Fsp3) is 0.250. The maximum absolute atomic E-state index is 13.9. The molecule has 5 rings (SSSR count). The van der Waals surface area contributed by atoms with E-state index in [0.29, 0.717) is 36.6 Å². The van der Waals surface area contributed by atoms with Gasteiger partial charge in [-0.05, 0) is 91.5 Å². The van der Waals surface area contributed by atoms with Gasteiger partial charge in [-0.2, -0.15) is 0 Å². The number of nitrogens with zero attached hydrogens (tertiary/aromatic N) is 4. The van der Waals surface area contributed by atoms with E-state index in [4.69, 9.17) is 9.15 Å². The summed E-state index contributed by atoms with van der Waals surface area (Å²) in [7, 11) is 0. The summed E-state index contributed by atoms with van der Waals surface area (Å²) in [5.74, 6) is 0.00259. The molecule has 40 heavy (non-hydrogen) atoms. The van der Waals surface area contributed by atoms with E-state index in [-0.39, 0.29) is 11.7 Å². The fourth-order valence-electron chi connectivity index (χ4n) is 4.16. The number of esters is 1. The molecule has 3 aromatic heterocycles. The van der Waals surface area contributed by atoms with Crippen molar-refractivity contribution in [2.45, 2.75) is 55.0 Å². The lowest BCUT2D eigenvalue weighted by molar-refractivity contribution is -0.143. The standard InChI is InChI=1S/C28H25BrN4O4S3/c1-14(2)36-25(35)22-16(4)32-28-33(23(22)17-6-8-19(38-5)9-7-17)24(34)21(39-28)13-18-12-20(29)26(37-18)40-27-30-11-10-15(3)31-27/h6-14,23H,1-5H3/b21-13-/t23-/m0/s1. The second kappa shape index (κ2) is 11.9. The van der Waals surface area contributed by atoms with Gasteiger partial charge in [-0.15, -0.1) is 11.8 Å². The lowest BCUT2D eigenvalue weighted by atomic mass is 9.96. The molecule has 0 saturated heterocycles. The van der Waals surface area contributed by atoms with Crippen LogP contribution in [-0.4, -0.2) is 32.9 Å². The number of halogens is 1. The minimum atomic E-state index is -0.673. The molecule has 0 bridgehead atoms. The molecule has 0 saturated carbocycles. The summed E-state index contributed by atoms with van der Waals surface area (Å²) in [5.41, 5.74) is 2.25. The Balaban J connectivity index is 1.60. The van der Waals surface area contributed by atoms with Crippen LogP contribution in [0.1, 0.15) is 43.8 Å². The van der Waals surface area contributed by atoms with Gasteiger partial charge in [0.1, 0.15) is 5.76 Å². The summed E-state index contributed by atoms with van der Waals surface area (Å²) < 4.78 is 14.3. The Morgan fingerprint density at radius 3 is 2.65 bits per heavy atom. The van der Waals surface area contributed by atoms with Gasteiger partial charge >= 0.3 is 5.97 Å². The third-order valence-corrected chi connectivity index (χ3v) is 9.37. The van der Waals surface area contributed by atoms with Gasteiger partial charge in [-0.25, -0.2) is 19.8 Å². The van der Waals surface area contributed by atoms with Crippen LogP contribution in [0.5, 0.6) is 0 Å². The van der Waals surface area contributed by atoms with Crippen LogP contribution in [0.25, 0.3) is 6.08 Å². The molecule has 1 aliphatic heterocycles. The van der Waals surface area contributed by atoms with Gasteiger partial charge in [-0.3, -0.25) is 9.36 Å². The molecule has 206 valence electrons. The highest BCUT2D eigenvalue weighted by molar-refractivity contribution is 9.10. The zero-order valence-corrected chi connectivity index (χ0v) is 26.3. The number of fused-ring (bicyclic) bond motifs is 1. The van der Waals surface area contributed by atoms with E-state index in [2.05, 4.69) is 30.9 Å². The zero-order chi connectivity index (χ0) is 28.6. The molecule has 0 N–H and O–H groups in total. The number of furan rings is 1. The Morgan fingerprint density at radius 2 is 1.98 bits per heavy atom. The number of hydrogen-bond donors (Lipinski definition) is 0. The van der Waals surface area contributed by atoms with Crippen LogP contribution < -0.4 is 14.9 Å². The maximum atomic E-state index is 13.9. The number of aromatic nitrogens is 3. The molecule has 12 heteroatoms. The monoisotopic (exact) mass is 656 g/mol. The molecule has 1 aromatic carbocycles. The predicted molar refractivity (Wildman–Crippen MR) is 161 cm³/mol. The largest absolute Gasteiger partial charge is 0.459 e. The van der Waals surface area contributed by atoms with Gasteiger partial charge in [0, 0.05) is 22.9 Å². The molecule has 8 nitrogen and oxygen atoms in total. The summed E-state index contributed by atoms with van der Waals surface area (Å²) in [6, 6.07) is 10.8. The highest BCUT2D eigenvalue weighted by Gasteiger charge is 2.33. The van der Waals surface area contributed by atoms with Crippen molar-refractivity contribution in [2.75, 3.05) is 6.26 Å². The average Bonchev–Trinajstić information content (AvgIpc) is 3.40. The van der Waals surface area contributed by atoms with Gasteiger partial charge in [-0.1, -0.05) is 23.5 Å². The second-order valence-corrected chi connectivity index (χ2v) is 12.9. The van der Waals surface area contributed by atoms with Gasteiger partial charge in [0.05, 0.1) is 32.4 Å². The van der Waals surface area contributed by atoms with Gasteiger partial charge < -0.3 is 9.15 Å². The number of benzene rings is 1. The Bertz CT molecular complexity index is 1810. The first-order chi connectivity index (χ1) is 19.1. The number of carbonyl (C=O) groups excluding carboxylic acids is 1. The number of allylic oxidation sites excluding steroid dienone is 1. The van der Waals surface area contributed by atoms with Crippen LogP contribution in [0.15, 0.2) is 87.7 Å². The highest BCUT2D eigenvalue weighted by Crippen LogP contribution is 2.35. The lowest BCUT2D eigenvalue weighted by Crippen LogP contribution is -2.40. The van der Waals surface area contributed by atoms with E-state index >= 15 is 0 Å². The summed E-state index contributed by atoms with van der Waals surface area (Å²) in [5, 5.41) is 1.13. The summed E-state index contributed by atoms with van der Waals surface area (Å²) >= 11 is 7.69. The van der Waals surface area contributed by atoms with E-state index in [0.717, 1.165) is 20.6 Å². The molecule has 0 unspecified atom stereocenters. The Kier molecular flexibility index (Phi) is 8.50. The summed E-state index contributed by atoms with van der Waals surface area (Å²) in [4.78, 5) is 42.0. The molecule has 1 atom stereocenters. The van der Waals surface area contributed by atoms with Crippen LogP contribution >= 0.6 is 50.8 Å². The van der Waals surface area contributed by atoms with Crippen LogP contribution in [0.4, 0.5) is 0 Å². The maximum Gasteiger partial charge on any atom is 0.338 e. The minimum Gasteiger partial charge on any atom is -0.459 e. The average molecular weight is 658 g/mol. The summed E-state index contributed by atoms with van der Waals surface area (Å²) in [6.07, 6.45) is 5.07. The number of ether oxygens (including phenoxy) is 1. The van der Waals surface area contributed by atoms with Crippen LogP contribution in [0.2, 0.25) is 0 Å². The number of hydrogen-bond acceptors (Lipinski definition) is 10. The third-order valence-electron chi connectivity index (χ3n) is 5.92. The van der Waals surface area contributed by atoms with E-state index in [9.17, 15) is 9.59 Å². The smallest absolute Gasteiger partial charge is 0.338 e. The van der Waals surface area contributed by atoms with Crippen molar-refractivity contribution >= 4 is 62.8 Å². The molecule has 0 spiro atoms. The molecule has 1 aliphatic rings. The fourth-order valence-corrected chi connectivity index (χ4v) is 6.91. The first-order valence-electron chi connectivity index (χ1n) is 12.3. The van der Waals surface area contributed by atoms with E-state index in [1.54, 1.807) is 55.4 Å². The number of thioether (sulfide) groups is 1. The molecule has 0 amide bonds. The number of thiazole rings is 1. The van der Waals surface area contributed by atoms with Crippen molar-refractivity contribution < 1.29 is 13.9 Å². The molecular weight excluding hydrogens is 632 g/mol. The normalized spacial score (nSPS) is 15.4.